The maximum Gasteiger partial charge on any atom is 0.325 e. The van der Waals surface area contributed by atoms with Crippen LogP contribution >= 0.6 is 11.8 Å². The van der Waals surface area contributed by atoms with Crippen molar-refractivity contribution in [3.63, 3.8) is 0 Å². The number of benzene rings is 3. The van der Waals surface area contributed by atoms with Gasteiger partial charge in [0.25, 0.3) is 0 Å². The van der Waals surface area contributed by atoms with Crippen LogP contribution in [-0.4, -0.2) is 56.7 Å². The van der Waals surface area contributed by atoms with E-state index in [2.05, 4.69) is 5.32 Å². The van der Waals surface area contributed by atoms with E-state index >= 15 is 0 Å². The Kier molecular flexibility index (Phi) is 7.05. The molecule has 3 aromatic rings. The number of likely N-dealkylation sites (tertiary alicyclic amines) is 1. The van der Waals surface area contributed by atoms with Crippen molar-refractivity contribution in [1.82, 2.24) is 10.2 Å². The molecular weight excluding hydrogens is 504 g/mol. The van der Waals surface area contributed by atoms with Crippen LogP contribution in [0.4, 0.5) is 0 Å². The molecule has 2 aliphatic heterocycles. The second-order valence-electron chi connectivity index (χ2n) is 9.45. The van der Waals surface area contributed by atoms with Crippen LogP contribution < -0.4 is 5.32 Å². The van der Waals surface area contributed by atoms with E-state index in [9.17, 15) is 29.4 Å². The number of aliphatic carboxylic acids is 2. The molecule has 3 aromatic carbocycles. The van der Waals surface area contributed by atoms with Crippen molar-refractivity contribution in [2.24, 2.45) is 11.8 Å². The smallest absolute Gasteiger partial charge is 0.325 e. The molecule has 2 aliphatic rings. The molecule has 0 bridgehead atoms. The third-order valence-corrected chi connectivity index (χ3v) is 8.25. The highest BCUT2D eigenvalue weighted by Gasteiger charge is 2.68. The van der Waals surface area contributed by atoms with Crippen LogP contribution in [0.1, 0.15) is 18.0 Å². The Bertz CT molecular complexity index is 1360. The number of carboxylic acids is 2. The molecule has 0 aliphatic carbocycles. The number of rotatable bonds is 9. The number of hydrogen-bond acceptors (Lipinski definition) is 6. The van der Waals surface area contributed by atoms with E-state index in [-0.39, 0.29) is 6.54 Å². The molecule has 0 aromatic heterocycles. The molecule has 5 rings (SSSR count). The Morgan fingerprint density at radius 2 is 1.45 bits per heavy atom. The van der Waals surface area contributed by atoms with E-state index in [4.69, 9.17) is 0 Å². The van der Waals surface area contributed by atoms with Gasteiger partial charge in [-0.25, -0.2) is 0 Å². The van der Waals surface area contributed by atoms with Gasteiger partial charge in [0.2, 0.25) is 11.8 Å². The van der Waals surface area contributed by atoms with Crippen molar-refractivity contribution in [3.05, 3.63) is 90.5 Å². The number of carbonyl (C=O) groups is 4. The summed E-state index contributed by atoms with van der Waals surface area (Å²) in [5.41, 5.74) is 0.450. The van der Waals surface area contributed by atoms with Crippen molar-refractivity contribution < 1.29 is 29.4 Å². The lowest BCUT2D eigenvalue weighted by Gasteiger charge is -2.29. The highest BCUT2D eigenvalue weighted by atomic mass is 32.2. The third kappa shape index (κ3) is 4.59. The summed E-state index contributed by atoms with van der Waals surface area (Å²) < 4.78 is 0. The van der Waals surface area contributed by atoms with E-state index in [0.717, 1.165) is 20.9 Å². The Morgan fingerprint density at radius 1 is 0.842 bits per heavy atom. The summed E-state index contributed by atoms with van der Waals surface area (Å²) in [7, 11) is 0. The van der Waals surface area contributed by atoms with Crippen molar-refractivity contribution >= 4 is 35.5 Å². The van der Waals surface area contributed by atoms with Crippen LogP contribution in [0.15, 0.2) is 89.8 Å². The van der Waals surface area contributed by atoms with Crippen LogP contribution in [0.3, 0.4) is 0 Å². The van der Waals surface area contributed by atoms with Gasteiger partial charge in [-0.1, -0.05) is 72.8 Å². The van der Waals surface area contributed by atoms with Crippen molar-refractivity contribution in [2.75, 3.05) is 12.3 Å². The highest BCUT2D eigenvalue weighted by molar-refractivity contribution is 7.99. The summed E-state index contributed by atoms with van der Waals surface area (Å²) >= 11 is 1.48. The zero-order chi connectivity index (χ0) is 26.9. The molecule has 38 heavy (non-hydrogen) atoms. The minimum Gasteiger partial charge on any atom is -0.481 e. The third-order valence-electron chi connectivity index (χ3n) is 7.26. The van der Waals surface area contributed by atoms with Gasteiger partial charge in [0.15, 0.2) is 0 Å². The van der Waals surface area contributed by atoms with Crippen molar-refractivity contribution in [1.29, 1.82) is 0 Å². The summed E-state index contributed by atoms with van der Waals surface area (Å²) in [6.45, 7) is 0.104. The van der Waals surface area contributed by atoms with E-state index in [1.807, 2.05) is 72.8 Å². The van der Waals surface area contributed by atoms with Gasteiger partial charge < -0.3 is 10.2 Å². The maximum atomic E-state index is 13.6. The van der Waals surface area contributed by atoms with Gasteiger partial charge in [-0.3, -0.25) is 29.4 Å². The second kappa shape index (κ2) is 10.4. The molecule has 4 atom stereocenters. The van der Waals surface area contributed by atoms with Crippen LogP contribution in [-0.2, 0) is 19.2 Å². The van der Waals surface area contributed by atoms with Gasteiger partial charge in [-0.05, 0) is 28.8 Å². The first-order valence-corrected chi connectivity index (χ1v) is 13.2. The normalized spacial score (nSPS) is 24.4. The molecule has 8 nitrogen and oxygen atoms in total. The van der Waals surface area contributed by atoms with Gasteiger partial charge in [-0.2, -0.15) is 0 Å². The number of carboxylic acid groups (broad SMARTS) is 2. The van der Waals surface area contributed by atoms with Gasteiger partial charge in [-0.15, -0.1) is 11.8 Å². The maximum absolute atomic E-state index is 13.6. The molecule has 2 heterocycles. The lowest BCUT2D eigenvalue weighted by atomic mass is 9.77. The Balaban J connectivity index is 1.46. The first kappa shape index (κ1) is 25.7. The standard InChI is InChI=1S/C29H26N2O6S/c32-22(33)17-29(28(36)37)24-23(26(34)31(27(24)35)15-16-38-21-9-5-2-6-10-21)25(30-29)20-13-11-19(12-14-20)18-7-3-1-4-8-18/h1-14,23-25,30H,15-17H2,(H,32,33)(H,36,37). The molecule has 2 fully saturated rings. The minimum atomic E-state index is -2.10. The van der Waals surface area contributed by atoms with Crippen LogP contribution in [0.2, 0.25) is 0 Å². The number of imide groups is 1. The van der Waals surface area contributed by atoms with Crippen LogP contribution in [0.5, 0.6) is 0 Å². The number of thioether (sulfide) groups is 1. The van der Waals surface area contributed by atoms with Gasteiger partial charge in [0, 0.05) is 23.2 Å². The SMILES string of the molecule is O=C(O)CC1(C(=O)O)NC(c2ccc(-c3ccccc3)cc2)C2C(=O)N(CCSc3ccccc3)C(=O)C21. The topological polar surface area (TPSA) is 124 Å². The largest absolute Gasteiger partial charge is 0.481 e. The molecule has 0 saturated carbocycles. The molecule has 0 spiro atoms. The van der Waals surface area contributed by atoms with E-state index in [1.54, 1.807) is 12.1 Å². The fourth-order valence-electron chi connectivity index (χ4n) is 5.53. The summed E-state index contributed by atoms with van der Waals surface area (Å²) in [4.78, 5) is 53.6. The average Bonchev–Trinajstić information content (AvgIpc) is 3.39. The Morgan fingerprint density at radius 3 is 2.05 bits per heavy atom. The lowest BCUT2D eigenvalue weighted by Crippen LogP contribution is -2.57. The quantitative estimate of drug-likeness (QED) is 0.283. The first-order valence-electron chi connectivity index (χ1n) is 12.2. The average molecular weight is 531 g/mol. The molecule has 9 heteroatoms. The number of nitrogens with zero attached hydrogens (tertiary/aromatic N) is 1. The number of carbonyl (C=O) groups excluding carboxylic acids is 2. The molecule has 2 saturated heterocycles. The van der Waals surface area contributed by atoms with Crippen LogP contribution in [0.25, 0.3) is 11.1 Å². The summed E-state index contributed by atoms with van der Waals surface area (Å²) in [5, 5.41) is 22.7. The summed E-state index contributed by atoms with van der Waals surface area (Å²) in [6.07, 6.45) is -0.826. The molecular formula is C29H26N2O6S. The van der Waals surface area contributed by atoms with E-state index in [1.165, 1.54) is 11.8 Å². The van der Waals surface area contributed by atoms with Gasteiger partial charge in [0.1, 0.15) is 5.54 Å². The lowest BCUT2D eigenvalue weighted by molar-refractivity contribution is -0.155. The zero-order valence-corrected chi connectivity index (χ0v) is 21.1. The monoisotopic (exact) mass is 530 g/mol. The number of fused-ring (bicyclic) bond motifs is 1. The summed E-state index contributed by atoms with van der Waals surface area (Å²) in [5.74, 6) is -5.87. The van der Waals surface area contributed by atoms with E-state index in [0.29, 0.717) is 11.3 Å². The van der Waals surface area contributed by atoms with Crippen molar-refractivity contribution in [2.45, 2.75) is 22.9 Å². The number of hydrogen-bond donors (Lipinski definition) is 3. The molecule has 2 amide bonds. The minimum absolute atomic E-state index is 0.104. The highest BCUT2D eigenvalue weighted by Crippen LogP contribution is 2.50. The number of nitrogens with one attached hydrogen (secondary N) is 1. The van der Waals surface area contributed by atoms with Gasteiger partial charge >= 0.3 is 11.9 Å². The molecule has 194 valence electrons. The number of amides is 2. The Hall–Kier alpha value is -3.95. The van der Waals surface area contributed by atoms with E-state index < -0.39 is 53.6 Å². The molecule has 4 unspecified atom stereocenters. The fraction of sp³-hybridized carbons (Fsp3) is 0.241. The second-order valence-corrected chi connectivity index (χ2v) is 10.6. The predicted octanol–water partition coefficient (Wildman–Crippen LogP) is 3.69. The van der Waals surface area contributed by atoms with Crippen LogP contribution in [0, 0.1) is 11.8 Å². The fourth-order valence-corrected chi connectivity index (χ4v) is 6.39. The summed E-state index contributed by atoms with van der Waals surface area (Å²) in [6, 6.07) is 25.7. The molecule has 0 radical (unpaired) electrons. The molecule has 3 N–H and O–H groups in total. The predicted molar refractivity (Wildman–Crippen MR) is 141 cm³/mol. The first-order chi connectivity index (χ1) is 18.3. The van der Waals surface area contributed by atoms with Crippen molar-refractivity contribution in [3.8, 4) is 11.1 Å². The van der Waals surface area contributed by atoms with Gasteiger partial charge in [0.05, 0.1) is 18.3 Å². The zero-order valence-electron chi connectivity index (χ0n) is 20.3. The Labute approximate surface area is 223 Å².